The van der Waals surface area contributed by atoms with Crippen molar-refractivity contribution in [3.05, 3.63) is 39.9 Å². The van der Waals surface area contributed by atoms with Crippen molar-refractivity contribution >= 4 is 17.9 Å². The van der Waals surface area contributed by atoms with E-state index < -0.39 is 10.9 Å². The number of nitro groups is 1. The molecule has 0 spiro atoms. The predicted molar refractivity (Wildman–Crippen MR) is 52.5 cm³/mol. The molecule has 1 aromatic carbocycles. The van der Waals surface area contributed by atoms with Crippen molar-refractivity contribution in [2.75, 3.05) is 0 Å². The van der Waals surface area contributed by atoms with Crippen LogP contribution in [-0.4, -0.2) is 17.1 Å². The van der Waals surface area contributed by atoms with Gasteiger partial charge in [-0.1, -0.05) is 17.3 Å². The first-order valence-electron chi connectivity index (χ1n) is 4.05. The van der Waals surface area contributed by atoms with Gasteiger partial charge in [0.1, 0.15) is 0 Å². The summed E-state index contributed by atoms with van der Waals surface area (Å²) in [6.45, 7) is 1.19. The van der Waals surface area contributed by atoms with E-state index in [-0.39, 0.29) is 11.3 Å². The molecule has 0 saturated carbocycles. The minimum atomic E-state index is -0.579. The van der Waals surface area contributed by atoms with Crippen LogP contribution in [-0.2, 0) is 9.63 Å². The summed E-state index contributed by atoms with van der Waals surface area (Å²) in [6, 6.07) is 6.02. The Bertz CT molecular complexity index is 414. The van der Waals surface area contributed by atoms with E-state index in [4.69, 9.17) is 0 Å². The molecule has 0 radical (unpaired) electrons. The zero-order valence-electron chi connectivity index (χ0n) is 7.91. The molecule has 15 heavy (non-hydrogen) atoms. The number of hydrogen-bond donors (Lipinski definition) is 0. The molecule has 0 aliphatic heterocycles. The van der Waals surface area contributed by atoms with Gasteiger partial charge in [0.15, 0.2) is 0 Å². The zero-order chi connectivity index (χ0) is 11.3. The quantitative estimate of drug-likeness (QED) is 0.326. The van der Waals surface area contributed by atoms with Crippen molar-refractivity contribution in [3.8, 4) is 0 Å². The topological polar surface area (TPSA) is 81.8 Å². The Balaban J connectivity index is 2.89. The summed E-state index contributed by atoms with van der Waals surface area (Å²) in [5, 5.41) is 13.9. The van der Waals surface area contributed by atoms with Crippen LogP contribution in [0, 0.1) is 10.1 Å². The molecule has 0 N–H and O–H groups in total. The van der Waals surface area contributed by atoms with E-state index in [1.54, 1.807) is 12.1 Å². The van der Waals surface area contributed by atoms with Crippen molar-refractivity contribution in [2.24, 2.45) is 5.16 Å². The number of rotatable bonds is 3. The molecular formula is C9H8N2O4. The molecule has 1 aromatic rings. The first-order valence-corrected chi connectivity index (χ1v) is 4.05. The summed E-state index contributed by atoms with van der Waals surface area (Å²) in [5.74, 6) is -0.579. The molecule has 78 valence electrons. The average molecular weight is 208 g/mol. The van der Waals surface area contributed by atoms with Crippen LogP contribution >= 0.6 is 0 Å². The molecule has 1 rings (SSSR count). The van der Waals surface area contributed by atoms with E-state index in [1.807, 2.05) is 0 Å². The molecule has 0 atom stereocenters. The van der Waals surface area contributed by atoms with E-state index in [0.717, 1.165) is 6.21 Å². The highest BCUT2D eigenvalue weighted by atomic mass is 16.7. The van der Waals surface area contributed by atoms with E-state index in [9.17, 15) is 14.9 Å². The maximum atomic E-state index is 10.6. The molecule has 6 heteroatoms. The molecule has 0 aliphatic carbocycles. The molecule has 0 heterocycles. The van der Waals surface area contributed by atoms with Gasteiger partial charge in [-0.2, -0.15) is 0 Å². The lowest BCUT2D eigenvalue weighted by Crippen LogP contribution is -1.96. The van der Waals surface area contributed by atoms with Crippen LogP contribution in [0.5, 0.6) is 0 Å². The largest absolute Gasteiger partial charge is 0.331 e. The first-order chi connectivity index (χ1) is 7.11. The number of oxime groups is 1. The van der Waals surface area contributed by atoms with Gasteiger partial charge in [0.2, 0.25) is 0 Å². The monoisotopic (exact) mass is 208 g/mol. The zero-order valence-corrected chi connectivity index (χ0v) is 7.91. The maximum Gasteiger partial charge on any atom is 0.331 e. The normalized spacial score (nSPS) is 10.2. The Labute approximate surface area is 85.3 Å². The lowest BCUT2D eigenvalue weighted by atomic mass is 10.2. The SMILES string of the molecule is CC(=O)O/N=C\c1ccccc1[N+](=O)[O-]. The lowest BCUT2D eigenvalue weighted by molar-refractivity contribution is -0.385. The molecule has 0 unspecified atom stereocenters. The second-order valence-corrected chi connectivity index (χ2v) is 2.63. The van der Waals surface area contributed by atoms with Gasteiger partial charge in [0.05, 0.1) is 16.7 Å². The van der Waals surface area contributed by atoms with Gasteiger partial charge < -0.3 is 4.84 Å². The van der Waals surface area contributed by atoms with Crippen LogP contribution in [0.4, 0.5) is 5.69 Å². The Hall–Kier alpha value is -2.24. The summed E-state index contributed by atoms with van der Waals surface area (Å²) in [5.41, 5.74) is 0.192. The Morgan fingerprint density at radius 3 is 2.80 bits per heavy atom. The van der Waals surface area contributed by atoms with E-state index in [2.05, 4.69) is 9.99 Å². The van der Waals surface area contributed by atoms with E-state index in [1.165, 1.54) is 19.1 Å². The number of carbonyl (C=O) groups is 1. The van der Waals surface area contributed by atoms with Crippen molar-refractivity contribution in [1.29, 1.82) is 0 Å². The van der Waals surface area contributed by atoms with Crippen LogP contribution in [0.25, 0.3) is 0 Å². The Morgan fingerprint density at radius 1 is 1.53 bits per heavy atom. The van der Waals surface area contributed by atoms with Gasteiger partial charge in [-0.3, -0.25) is 10.1 Å². The highest BCUT2D eigenvalue weighted by molar-refractivity contribution is 5.85. The summed E-state index contributed by atoms with van der Waals surface area (Å²) >= 11 is 0. The second kappa shape index (κ2) is 4.85. The molecule has 0 aliphatic rings. The molecular weight excluding hydrogens is 200 g/mol. The van der Waals surface area contributed by atoms with Crippen LogP contribution in [0.15, 0.2) is 29.4 Å². The van der Waals surface area contributed by atoms with Crippen LogP contribution in [0.2, 0.25) is 0 Å². The van der Waals surface area contributed by atoms with Gasteiger partial charge >= 0.3 is 5.97 Å². The number of hydrogen-bond acceptors (Lipinski definition) is 5. The van der Waals surface area contributed by atoms with Gasteiger partial charge in [-0.25, -0.2) is 4.79 Å². The Kier molecular flexibility index (Phi) is 3.50. The number of carbonyl (C=O) groups excluding carboxylic acids is 1. The third-order valence-electron chi connectivity index (χ3n) is 1.51. The summed E-state index contributed by atoms with van der Waals surface area (Å²) in [7, 11) is 0. The minimum absolute atomic E-state index is 0.0894. The van der Waals surface area contributed by atoms with Gasteiger partial charge in [-0.15, -0.1) is 0 Å². The van der Waals surface area contributed by atoms with Crippen LogP contribution in [0.1, 0.15) is 12.5 Å². The average Bonchev–Trinajstić information content (AvgIpc) is 2.17. The molecule has 0 saturated heterocycles. The van der Waals surface area contributed by atoms with Crippen molar-refractivity contribution in [1.82, 2.24) is 0 Å². The number of nitro benzene ring substituents is 1. The summed E-state index contributed by atoms with van der Waals surface area (Å²) < 4.78 is 0. The molecule has 6 nitrogen and oxygen atoms in total. The maximum absolute atomic E-state index is 10.6. The number of benzene rings is 1. The lowest BCUT2D eigenvalue weighted by Gasteiger charge is -1.95. The highest BCUT2D eigenvalue weighted by Gasteiger charge is 2.09. The van der Waals surface area contributed by atoms with Crippen LogP contribution < -0.4 is 0 Å². The predicted octanol–water partition coefficient (Wildman–Crippen LogP) is 1.49. The molecule has 0 amide bonds. The fourth-order valence-corrected chi connectivity index (χ4v) is 0.920. The summed E-state index contributed by atoms with van der Waals surface area (Å²) in [6.07, 6.45) is 1.12. The van der Waals surface area contributed by atoms with Gasteiger partial charge in [0, 0.05) is 13.0 Å². The van der Waals surface area contributed by atoms with E-state index in [0.29, 0.717) is 0 Å². The highest BCUT2D eigenvalue weighted by Crippen LogP contribution is 2.15. The van der Waals surface area contributed by atoms with Gasteiger partial charge in [0.25, 0.3) is 5.69 Å². The minimum Gasteiger partial charge on any atom is -0.319 e. The summed E-state index contributed by atoms with van der Waals surface area (Å²) in [4.78, 5) is 24.7. The fourth-order valence-electron chi connectivity index (χ4n) is 0.920. The second-order valence-electron chi connectivity index (χ2n) is 2.63. The van der Waals surface area contributed by atoms with Crippen molar-refractivity contribution in [2.45, 2.75) is 6.92 Å². The first kappa shape index (κ1) is 10.8. The third-order valence-corrected chi connectivity index (χ3v) is 1.51. The third kappa shape index (κ3) is 3.18. The number of nitrogens with zero attached hydrogens (tertiary/aromatic N) is 2. The van der Waals surface area contributed by atoms with Crippen LogP contribution in [0.3, 0.4) is 0 Å². The number of para-hydroxylation sites is 1. The van der Waals surface area contributed by atoms with Gasteiger partial charge in [-0.05, 0) is 6.07 Å². The molecule has 0 aromatic heterocycles. The fraction of sp³-hybridized carbons (Fsp3) is 0.111. The Morgan fingerprint density at radius 2 is 2.20 bits per heavy atom. The van der Waals surface area contributed by atoms with Crippen molar-refractivity contribution < 1.29 is 14.6 Å². The van der Waals surface area contributed by atoms with E-state index >= 15 is 0 Å². The molecule has 0 fully saturated rings. The standard InChI is InChI=1S/C9H8N2O4/c1-7(12)15-10-6-8-4-2-3-5-9(8)11(13)14/h2-6H,1H3/b10-6-. The molecule has 0 bridgehead atoms. The smallest absolute Gasteiger partial charge is 0.319 e. The van der Waals surface area contributed by atoms with Crippen molar-refractivity contribution in [3.63, 3.8) is 0 Å².